The lowest BCUT2D eigenvalue weighted by Gasteiger charge is -2.19. The number of likely N-dealkylation sites (N-methyl/N-ethyl adjacent to an activating group) is 1. The third-order valence-electron chi connectivity index (χ3n) is 3.35. The molecule has 0 aliphatic rings. The van der Waals surface area contributed by atoms with Gasteiger partial charge in [-0.2, -0.15) is 13.2 Å². The van der Waals surface area contributed by atoms with Crippen LogP contribution in [0.25, 0.3) is 0 Å². The van der Waals surface area contributed by atoms with Crippen LogP contribution in [0.5, 0.6) is 0 Å². The van der Waals surface area contributed by atoms with E-state index in [1.165, 1.54) is 12.1 Å². The average molecular weight is 314 g/mol. The van der Waals surface area contributed by atoms with Gasteiger partial charge in [0.05, 0.1) is 5.56 Å². The Morgan fingerprint density at radius 3 is 2.43 bits per heavy atom. The van der Waals surface area contributed by atoms with E-state index in [4.69, 9.17) is 11.6 Å². The standard InChI is InChI=1S/C16H15ClF3N/c1-21-15(10-11-5-2-3-8-14(11)17)12-6-4-7-13(9-12)16(18,19)20/h2-9,15,21H,10H2,1H3. The van der Waals surface area contributed by atoms with Crippen LogP contribution in [0.2, 0.25) is 5.02 Å². The fraction of sp³-hybridized carbons (Fsp3) is 0.250. The second-order valence-electron chi connectivity index (χ2n) is 4.76. The molecule has 0 aliphatic carbocycles. The van der Waals surface area contributed by atoms with Gasteiger partial charge in [0.1, 0.15) is 0 Å². The maximum absolute atomic E-state index is 12.8. The van der Waals surface area contributed by atoms with Gasteiger partial charge in [-0.15, -0.1) is 0 Å². The molecule has 0 aromatic heterocycles. The van der Waals surface area contributed by atoms with Crippen molar-refractivity contribution in [2.75, 3.05) is 7.05 Å². The van der Waals surface area contributed by atoms with Gasteiger partial charge >= 0.3 is 6.18 Å². The summed E-state index contributed by atoms with van der Waals surface area (Å²) in [4.78, 5) is 0. The summed E-state index contributed by atoms with van der Waals surface area (Å²) in [6.45, 7) is 0. The molecule has 2 rings (SSSR count). The van der Waals surface area contributed by atoms with Crippen LogP contribution in [0.15, 0.2) is 48.5 Å². The van der Waals surface area contributed by atoms with E-state index in [-0.39, 0.29) is 6.04 Å². The Morgan fingerprint density at radius 2 is 1.81 bits per heavy atom. The summed E-state index contributed by atoms with van der Waals surface area (Å²) in [7, 11) is 1.72. The van der Waals surface area contributed by atoms with E-state index < -0.39 is 11.7 Å². The zero-order chi connectivity index (χ0) is 15.5. The lowest BCUT2D eigenvalue weighted by molar-refractivity contribution is -0.137. The highest BCUT2D eigenvalue weighted by Crippen LogP contribution is 2.31. The van der Waals surface area contributed by atoms with Crippen LogP contribution in [0.1, 0.15) is 22.7 Å². The van der Waals surface area contributed by atoms with Crippen LogP contribution < -0.4 is 5.32 Å². The summed E-state index contributed by atoms with van der Waals surface area (Å²) in [5, 5.41) is 3.66. The number of hydrogen-bond acceptors (Lipinski definition) is 1. The Labute approximate surface area is 126 Å². The highest BCUT2D eigenvalue weighted by atomic mass is 35.5. The first kappa shape index (κ1) is 15.9. The van der Waals surface area contributed by atoms with E-state index in [1.54, 1.807) is 19.2 Å². The monoisotopic (exact) mass is 313 g/mol. The zero-order valence-corrected chi connectivity index (χ0v) is 12.2. The summed E-state index contributed by atoms with van der Waals surface area (Å²) in [5.41, 5.74) is 0.850. The van der Waals surface area contributed by atoms with Gasteiger partial charge in [-0.05, 0) is 42.8 Å². The fourth-order valence-corrected chi connectivity index (χ4v) is 2.42. The highest BCUT2D eigenvalue weighted by Gasteiger charge is 2.30. The minimum absolute atomic E-state index is 0.229. The SMILES string of the molecule is CNC(Cc1ccccc1Cl)c1cccc(C(F)(F)F)c1. The largest absolute Gasteiger partial charge is 0.416 e. The molecular formula is C16H15ClF3N. The van der Waals surface area contributed by atoms with E-state index >= 15 is 0 Å². The van der Waals surface area contributed by atoms with Crippen LogP contribution in [0.4, 0.5) is 13.2 Å². The summed E-state index contributed by atoms with van der Waals surface area (Å²) in [6, 6.07) is 12.5. The second-order valence-corrected chi connectivity index (χ2v) is 5.17. The van der Waals surface area contributed by atoms with Gasteiger partial charge in [-0.3, -0.25) is 0 Å². The normalized spacial score (nSPS) is 13.2. The van der Waals surface area contributed by atoms with Crippen molar-refractivity contribution in [1.82, 2.24) is 5.32 Å². The lowest BCUT2D eigenvalue weighted by Crippen LogP contribution is -2.19. The molecule has 0 spiro atoms. The molecule has 0 amide bonds. The molecule has 1 unspecified atom stereocenters. The molecule has 0 saturated heterocycles. The minimum Gasteiger partial charge on any atom is -0.313 e. The van der Waals surface area contributed by atoms with Crippen LogP contribution >= 0.6 is 11.6 Å². The van der Waals surface area contributed by atoms with Gasteiger partial charge in [-0.25, -0.2) is 0 Å². The van der Waals surface area contributed by atoms with Gasteiger partial charge in [0.2, 0.25) is 0 Å². The highest BCUT2D eigenvalue weighted by molar-refractivity contribution is 6.31. The smallest absolute Gasteiger partial charge is 0.313 e. The quantitative estimate of drug-likeness (QED) is 0.850. The Hall–Kier alpha value is -1.52. The molecule has 0 fully saturated rings. The Kier molecular flexibility index (Phi) is 4.91. The third-order valence-corrected chi connectivity index (χ3v) is 3.72. The Morgan fingerprint density at radius 1 is 1.10 bits per heavy atom. The van der Waals surface area contributed by atoms with Crippen molar-refractivity contribution in [2.24, 2.45) is 0 Å². The van der Waals surface area contributed by atoms with Crippen molar-refractivity contribution < 1.29 is 13.2 Å². The van der Waals surface area contributed by atoms with Crippen molar-refractivity contribution in [3.05, 3.63) is 70.2 Å². The first-order valence-corrected chi connectivity index (χ1v) is 6.87. The lowest BCUT2D eigenvalue weighted by atomic mass is 9.97. The van der Waals surface area contributed by atoms with E-state index in [0.717, 1.165) is 11.6 Å². The minimum atomic E-state index is -4.33. The van der Waals surface area contributed by atoms with Crippen LogP contribution in [-0.4, -0.2) is 7.05 Å². The van der Waals surface area contributed by atoms with Crippen LogP contribution in [0, 0.1) is 0 Å². The molecule has 0 aliphatic heterocycles. The van der Waals surface area contributed by atoms with Gasteiger partial charge in [0.15, 0.2) is 0 Å². The molecule has 1 atom stereocenters. The second kappa shape index (κ2) is 6.50. The Bertz CT molecular complexity index is 610. The average Bonchev–Trinajstić information content (AvgIpc) is 2.46. The van der Waals surface area contributed by atoms with E-state index in [0.29, 0.717) is 17.0 Å². The molecule has 0 radical (unpaired) electrons. The molecule has 2 aromatic carbocycles. The number of nitrogens with one attached hydrogen (secondary N) is 1. The number of rotatable bonds is 4. The molecule has 2 aromatic rings. The molecule has 0 bridgehead atoms. The van der Waals surface area contributed by atoms with Gasteiger partial charge in [0, 0.05) is 11.1 Å². The molecule has 0 saturated carbocycles. The van der Waals surface area contributed by atoms with Crippen molar-refractivity contribution >= 4 is 11.6 Å². The van der Waals surface area contributed by atoms with Gasteiger partial charge in [-0.1, -0.05) is 41.9 Å². The van der Waals surface area contributed by atoms with Crippen molar-refractivity contribution in [3.8, 4) is 0 Å². The van der Waals surface area contributed by atoms with Crippen molar-refractivity contribution in [1.29, 1.82) is 0 Å². The number of alkyl halides is 3. The first-order chi connectivity index (χ1) is 9.91. The summed E-state index contributed by atoms with van der Waals surface area (Å²) < 4.78 is 38.4. The Balaban J connectivity index is 2.28. The fourth-order valence-electron chi connectivity index (χ4n) is 2.20. The molecule has 5 heteroatoms. The van der Waals surface area contributed by atoms with Crippen molar-refractivity contribution in [3.63, 3.8) is 0 Å². The maximum Gasteiger partial charge on any atom is 0.416 e. The van der Waals surface area contributed by atoms with Gasteiger partial charge < -0.3 is 5.32 Å². The number of hydrogen-bond donors (Lipinski definition) is 1. The summed E-state index contributed by atoms with van der Waals surface area (Å²) in [5.74, 6) is 0. The third kappa shape index (κ3) is 3.99. The molecule has 1 N–H and O–H groups in total. The van der Waals surface area contributed by atoms with E-state index in [1.807, 2.05) is 18.2 Å². The van der Waals surface area contributed by atoms with Gasteiger partial charge in [0.25, 0.3) is 0 Å². The van der Waals surface area contributed by atoms with Crippen LogP contribution in [0.3, 0.4) is 0 Å². The number of benzene rings is 2. The molecule has 21 heavy (non-hydrogen) atoms. The molecular weight excluding hydrogens is 299 g/mol. The molecule has 112 valence electrons. The predicted octanol–water partition coefficient (Wildman–Crippen LogP) is 4.86. The molecule has 0 heterocycles. The van der Waals surface area contributed by atoms with E-state index in [2.05, 4.69) is 5.32 Å². The maximum atomic E-state index is 12.8. The zero-order valence-electron chi connectivity index (χ0n) is 11.4. The molecule has 1 nitrogen and oxygen atoms in total. The summed E-state index contributed by atoms with van der Waals surface area (Å²) in [6.07, 6.45) is -3.81. The van der Waals surface area contributed by atoms with E-state index in [9.17, 15) is 13.2 Å². The summed E-state index contributed by atoms with van der Waals surface area (Å²) >= 11 is 6.11. The van der Waals surface area contributed by atoms with Crippen molar-refractivity contribution in [2.45, 2.75) is 18.6 Å². The topological polar surface area (TPSA) is 12.0 Å². The number of halogens is 4. The van der Waals surface area contributed by atoms with Crippen LogP contribution in [-0.2, 0) is 12.6 Å². The predicted molar refractivity (Wildman–Crippen MR) is 78.4 cm³/mol. The first-order valence-electron chi connectivity index (χ1n) is 6.49.